The number of ether oxygens (including phenoxy) is 2. The molecule has 1 saturated carbocycles. The van der Waals surface area contributed by atoms with Crippen LogP contribution in [-0.4, -0.2) is 56.3 Å². The second kappa shape index (κ2) is 9.90. The fourth-order valence-corrected chi connectivity index (χ4v) is 4.22. The van der Waals surface area contributed by atoms with E-state index in [-0.39, 0.29) is 11.9 Å². The standard InChI is InChI=1S/C26H27N7O3/c34-24(30-20-7-8-20)19-5-3-18(4-6-19)22-16-29-33-23(22)31-26(36-21-2-1-11-27-15-21)32-25(33)28-14-17-9-12-35-13-10-17/h1-6,11,15-17,20H,7-10,12-14H2,(H,30,34)(H,28,31,32). The topological polar surface area (TPSA) is 116 Å². The van der Waals surface area contributed by atoms with Crippen molar-refractivity contribution in [1.29, 1.82) is 0 Å². The molecule has 6 rings (SSSR count). The van der Waals surface area contributed by atoms with Gasteiger partial charge in [-0.3, -0.25) is 9.78 Å². The number of rotatable bonds is 8. The fourth-order valence-electron chi connectivity index (χ4n) is 4.22. The summed E-state index contributed by atoms with van der Waals surface area (Å²) in [6, 6.07) is 11.6. The van der Waals surface area contributed by atoms with Gasteiger partial charge in [0.2, 0.25) is 5.95 Å². The third-order valence-corrected chi connectivity index (χ3v) is 6.45. The van der Waals surface area contributed by atoms with Crippen LogP contribution in [0.5, 0.6) is 11.8 Å². The summed E-state index contributed by atoms with van der Waals surface area (Å²) in [5.74, 6) is 1.55. The number of carbonyl (C=O) groups is 1. The minimum absolute atomic E-state index is 0.0435. The first-order valence-corrected chi connectivity index (χ1v) is 12.3. The molecular weight excluding hydrogens is 458 g/mol. The highest BCUT2D eigenvalue weighted by Gasteiger charge is 2.24. The lowest BCUT2D eigenvalue weighted by Crippen LogP contribution is -2.25. The van der Waals surface area contributed by atoms with Crippen LogP contribution in [-0.2, 0) is 4.74 Å². The summed E-state index contributed by atoms with van der Waals surface area (Å²) in [6.07, 6.45) is 9.18. The Hall–Kier alpha value is -4.05. The molecule has 36 heavy (non-hydrogen) atoms. The minimum Gasteiger partial charge on any atom is -0.423 e. The average molecular weight is 486 g/mol. The smallest absolute Gasteiger partial charge is 0.327 e. The van der Waals surface area contributed by atoms with Gasteiger partial charge in [0.15, 0.2) is 5.65 Å². The second-order valence-corrected chi connectivity index (χ2v) is 9.18. The predicted molar refractivity (Wildman–Crippen MR) is 133 cm³/mol. The molecule has 2 aliphatic rings. The summed E-state index contributed by atoms with van der Waals surface area (Å²) in [6.45, 7) is 2.31. The van der Waals surface area contributed by atoms with Crippen LogP contribution in [0.2, 0.25) is 0 Å². The van der Waals surface area contributed by atoms with Crippen LogP contribution in [0.1, 0.15) is 36.0 Å². The molecule has 184 valence electrons. The molecule has 1 amide bonds. The van der Waals surface area contributed by atoms with Gasteiger partial charge in [-0.25, -0.2) is 0 Å². The highest BCUT2D eigenvalue weighted by molar-refractivity contribution is 5.95. The number of amides is 1. The first-order valence-electron chi connectivity index (χ1n) is 12.3. The molecule has 4 heterocycles. The number of carbonyl (C=O) groups excluding carboxylic acids is 1. The maximum absolute atomic E-state index is 12.4. The average Bonchev–Trinajstić information content (AvgIpc) is 3.64. The van der Waals surface area contributed by atoms with Crippen LogP contribution in [0.25, 0.3) is 16.8 Å². The van der Waals surface area contributed by atoms with E-state index in [2.05, 4.69) is 30.7 Å². The molecule has 0 bridgehead atoms. The highest BCUT2D eigenvalue weighted by atomic mass is 16.5. The normalized spacial score (nSPS) is 16.1. The van der Waals surface area contributed by atoms with Crippen LogP contribution in [0.15, 0.2) is 55.0 Å². The van der Waals surface area contributed by atoms with E-state index in [1.807, 2.05) is 24.3 Å². The SMILES string of the molecule is O=C(NC1CC1)c1ccc(-c2cnn3c(NCC4CCOCC4)nc(Oc4cccnc4)nc23)cc1. The number of aromatic nitrogens is 5. The fraction of sp³-hybridized carbons (Fsp3) is 0.346. The number of fused-ring (bicyclic) bond motifs is 1. The van der Waals surface area contributed by atoms with E-state index in [1.165, 1.54) is 0 Å². The van der Waals surface area contributed by atoms with Crippen LogP contribution in [0.4, 0.5) is 5.95 Å². The Morgan fingerprint density at radius 1 is 1.06 bits per heavy atom. The number of hydrogen-bond acceptors (Lipinski definition) is 8. The Balaban J connectivity index is 1.31. The number of nitrogens with zero attached hydrogens (tertiary/aromatic N) is 5. The lowest BCUT2D eigenvalue weighted by atomic mass is 10.0. The zero-order valence-electron chi connectivity index (χ0n) is 19.8. The molecule has 0 atom stereocenters. The van der Waals surface area contributed by atoms with Crippen molar-refractivity contribution >= 4 is 17.5 Å². The van der Waals surface area contributed by atoms with Crippen LogP contribution >= 0.6 is 0 Å². The molecule has 0 radical (unpaired) electrons. The number of hydrogen-bond donors (Lipinski definition) is 2. The zero-order chi connectivity index (χ0) is 24.3. The van der Waals surface area contributed by atoms with E-state index in [9.17, 15) is 4.79 Å². The van der Waals surface area contributed by atoms with E-state index in [0.717, 1.165) is 56.6 Å². The van der Waals surface area contributed by atoms with Gasteiger partial charge in [-0.1, -0.05) is 12.1 Å². The van der Waals surface area contributed by atoms with Gasteiger partial charge in [0.25, 0.3) is 5.91 Å². The molecule has 0 spiro atoms. The van der Waals surface area contributed by atoms with Gasteiger partial charge in [-0.15, -0.1) is 0 Å². The summed E-state index contributed by atoms with van der Waals surface area (Å²) in [4.78, 5) is 25.8. The van der Waals surface area contributed by atoms with Gasteiger partial charge >= 0.3 is 6.01 Å². The molecule has 2 N–H and O–H groups in total. The molecule has 10 heteroatoms. The van der Waals surface area contributed by atoms with E-state index in [4.69, 9.17) is 9.47 Å². The van der Waals surface area contributed by atoms with Crippen molar-refractivity contribution in [3.8, 4) is 22.9 Å². The lowest BCUT2D eigenvalue weighted by Gasteiger charge is -2.22. The van der Waals surface area contributed by atoms with Crippen molar-refractivity contribution in [1.82, 2.24) is 29.9 Å². The van der Waals surface area contributed by atoms with Crippen molar-refractivity contribution in [2.45, 2.75) is 31.7 Å². The Morgan fingerprint density at radius 3 is 2.64 bits per heavy atom. The van der Waals surface area contributed by atoms with Gasteiger partial charge < -0.3 is 20.1 Å². The van der Waals surface area contributed by atoms with Crippen molar-refractivity contribution in [3.05, 3.63) is 60.6 Å². The van der Waals surface area contributed by atoms with Crippen molar-refractivity contribution in [2.24, 2.45) is 5.92 Å². The Labute approximate surface area is 208 Å². The first-order chi connectivity index (χ1) is 17.7. The number of anilines is 1. The maximum atomic E-state index is 12.4. The monoisotopic (exact) mass is 485 g/mol. The van der Waals surface area contributed by atoms with Crippen LogP contribution in [0.3, 0.4) is 0 Å². The molecular formula is C26H27N7O3. The van der Waals surface area contributed by atoms with Gasteiger partial charge in [-0.05, 0) is 61.4 Å². The molecule has 3 aromatic heterocycles. The summed E-state index contributed by atoms with van der Waals surface area (Å²) in [5.41, 5.74) is 2.95. The van der Waals surface area contributed by atoms with Gasteiger partial charge in [0, 0.05) is 43.1 Å². The zero-order valence-corrected chi connectivity index (χ0v) is 19.8. The number of nitrogens with one attached hydrogen (secondary N) is 2. The molecule has 2 fully saturated rings. The van der Waals surface area contributed by atoms with Gasteiger partial charge in [-0.2, -0.15) is 19.6 Å². The van der Waals surface area contributed by atoms with E-state index < -0.39 is 0 Å². The minimum atomic E-state index is -0.0435. The molecule has 0 unspecified atom stereocenters. The molecule has 10 nitrogen and oxygen atoms in total. The van der Waals surface area contributed by atoms with Crippen LogP contribution < -0.4 is 15.4 Å². The summed E-state index contributed by atoms with van der Waals surface area (Å²) in [5, 5.41) is 11.0. The van der Waals surface area contributed by atoms with Gasteiger partial charge in [0.05, 0.1) is 12.4 Å². The Morgan fingerprint density at radius 2 is 1.89 bits per heavy atom. The number of pyridine rings is 1. The van der Waals surface area contributed by atoms with Crippen LogP contribution in [0, 0.1) is 5.92 Å². The molecule has 1 saturated heterocycles. The lowest BCUT2D eigenvalue weighted by molar-refractivity contribution is 0.0699. The van der Waals surface area contributed by atoms with Crippen molar-refractivity contribution in [2.75, 3.05) is 25.1 Å². The predicted octanol–water partition coefficient (Wildman–Crippen LogP) is 3.71. The Bertz CT molecular complexity index is 1350. The Kier molecular flexibility index (Phi) is 6.17. The molecule has 1 aliphatic heterocycles. The van der Waals surface area contributed by atoms with Gasteiger partial charge in [0.1, 0.15) is 5.75 Å². The number of benzene rings is 1. The molecule has 4 aromatic rings. The second-order valence-electron chi connectivity index (χ2n) is 9.18. The molecule has 1 aliphatic carbocycles. The third-order valence-electron chi connectivity index (χ3n) is 6.45. The van der Waals surface area contributed by atoms with E-state index in [1.54, 1.807) is 35.2 Å². The molecule has 1 aromatic carbocycles. The third kappa shape index (κ3) is 4.99. The largest absolute Gasteiger partial charge is 0.423 e. The summed E-state index contributed by atoms with van der Waals surface area (Å²) < 4.78 is 13.1. The summed E-state index contributed by atoms with van der Waals surface area (Å²) in [7, 11) is 0. The quantitative estimate of drug-likeness (QED) is 0.388. The first kappa shape index (κ1) is 22.4. The van der Waals surface area contributed by atoms with Crippen molar-refractivity contribution in [3.63, 3.8) is 0 Å². The van der Waals surface area contributed by atoms with Crippen molar-refractivity contribution < 1.29 is 14.3 Å². The van der Waals surface area contributed by atoms with E-state index >= 15 is 0 Å². The highest BCUT2D eigenvalue weighted by Crippen LogP contribution is 2.28. The summed E-state index contributed by atoms with van der Waals surface area (Å²) >= 11 is 0. The maximum Gasteiger partial charge on any atom is 0.327 e. The van der Waals surface area contributed by atoms with E-state index in [0.29, 0.717) is 34.9 Å².